The number of hydrogen-bond acceptors (Lipinski definition) is 3. The van der Waals surface area contributed by atoms with Gasteiger partial charge in [-0.25, -0.2) is 4.98 Å². The molecule has 6 nitrogen and oxygen atoms in total. The fourth-order valence-electron chi connectivity index (χ4n) is 2.61. The van der Waals surface area contributed by atoms with Crippen LogP contribution < -0.4 is 5.32 Å². The molecule has 2 heterocycles. The zero-order valence-electron chi connectivity index (χ0n) is 12.8. The van der Waals surface area contributed by atoms with E-state index in [1.54, 1.807) is 17.3 Å². The summed E-state index contributed by atoms with van der Waals surface area (Å²) in [6, 6.07) is 0. The fraction of sp³-hybridized carbons (Fsp3) is 0.667. The number of aromatic amines is 1. The molecule has 1 atom stereocenters. The van der Waals surface area contributed by atoms with E-state index in [1.165, 1.54) is 0 Å². The Morgan fingerprint density at radius 1 is 1.57 bits per heavy atom. The number of aromatic nitrogens is 2. The molecular weight excluding hydrogens is 268 g/mol. The number of rotatable bonds is 7. The minimum absolute atomic E-state index is 0.00551. The van der Waals surface area contributed by atoms with Gasteiger partial charge in [0.05, 0.1) is 5.92 Å². The average molecular weight is 292 g/mol. The van der Waals surface area contributed by atoms with E-state index in [0.29, 0.717) is 25.4 Å². The van der Waals surface area contributed by atoms with Crippen molar-refractivity contribution in [1.29, 1.82) is 0 Å². The lowest BCUT2D eigenvalue weighted by molar-refractivity contribution is -0.129. The Morgan fingerprint density at radius 3 is 3.05 bits per heavy atom. The first-order chi connectivity index (χ1) is 10.1. The summed E-state index contributed by atoms with van der Waals surface area (Å²) in [4.78, 5) is 32.9. The smallest absolute Gasteiger partial charge is 0.225 e. The Kier molecular flexibility index (Phi) is 5.36. The van der Waals surface area contributed by atoms with E-state index < -0.39 is 0 Å². The second-order valence-corrected chi connectivity index (χ2v) is 6.02. The highest BCUT2D eigenvalue weighted by atomic mass is 16.2. The van der Waals surface area contributed by atoms with Gasteiger partial charge in [0.25, 0.3) is 0 Å². The third kappa shape index (κ3) is 4.58. The second kappa shape index (κ2) is 7.24. The Morgan fingerprint density at radius 2 is 2.38 bits per heavy atom. The minimum atomic E-state index is -0.195. The average Bonchev–Trinajstić information content (AvgIpc) is 3.05. The molecule has 21 heavy (non-hydrogen) atoms. The molecule has 0 radical (unpaired) electrons. The van der Waals surface area contributed by atoms with Crippen LogP contribution in [0.1, 0.15) is 32.5 Å². The molecule has 1 aromatic rings. The monoisotopic (exact) mass is 292 g/mol. The lowest BCUT2D eigenvalue weighted by Gasteiger charge is -2.18. The molecule has 1 unspecified atom stereocenters. The molecule has 116 valence electrons. The molecule has 0 aliphatic carbocycles. The predicted molar refractivity (Wildman–Crippen MR) is 79.4 cm³/mol. The van der Waals surface area contributed by atoms with E-state index in [0.717, 1.165) is 25.2 Å². The molecule has 0 aromatic carbocycles. The molecule has 2 rings (SSSR count). The highest BCUT2D eigenvalue weighted by molar-refractivity contribution is 5.89. The van der Waals surface area contributed by atoms with E-state index in [4.69, 9.17) is 0 Å². The maximum absolute atomic E-state index is 12.1. The van der Waals surface area contributed by atoms with Crippen LogP contribution in [-0.2, 0) is 16.0 Å². The van der Waals surface area contributed by atoms with Gasteiger partial charge in [-0.05, 0) is 12.3 Å². The molecule has 0 spiro atoms. The van der Waals surface area contributed by atoms with Crippen LogP contribution in [0.5, 0.6) is 0 Å². The summed E-state index contributed by atoms with van der Waals surface area (Å²) in [5.41, 5.74) is 0. The van der Waals surface area contributed by atoms with Crippen LogP contribution in [0.3, 0.4) is 0 Å². The summed E-state index contributed by atoms with van der Waals surface area (Å²) >= 11 is 0. The largest absolute Gasteiger partial charge is 0.356 e. The summed E-state index contributed by atoms with van der Waals surface area (Å²) in [6.45, 7) is 6.07. The molecule has 1 saturated heterocycles. The number of hydrogen-bond donors (Lipinski definition) is 2. The molecule has 0 saturated carbocycles. The summed E-state index contributed by atoms with van der Waals surface area (Å²) in [5.74, 6) is 1.26. The van der Waals surface area contributed by atoms with Gasteiger partial charge in [0.15, 0.2) is 0 Å². The molecule has 2 amide bonds. The molecule has 1 aliphatic heterocycles. The Labute approximate surface area is 125 Å². The van der Waals surface area contributed by atoms with Crippen molar-refractivity contribution < 1.29 is 9.59 Å². The lowest BCUT2D eigenvalue weighted by Crippen LogP contribution is -2.34. The second-order valence-electron chi connectivity index (χ2n) is 6.02. The van der Waals surface area contributed by atoms with Crippen LogP contribution in [-0.4, -0.2) is 46.3 Å². The normalized spacial score (nSPS) is 18.5. The summed E-state index contributed by atoms with van der Waals surface area (Å²) in [7, 11) is 0. The molecule has 6 heteroatoms. The quantitative estimate of drug-likeness (QED) is 0.735. The topological polar surface area (TPSA) is 78.1 Å². The highest BCUT2D eigenvalue weighted by Crippen LogP contribution is 2.19. The van der Waals surface area contributed by atoms with E-state index >= 15 is 0 Å². The first kappa shape index (κ1) is 15.5. The minimum Gasteiger partial charge on any atom is -0.356 e. The number of H-pyrrole nitrogens is 1. The number of likely N-dealkylation sites (tertiary alicyclic amines) is 1. The SMILES string of the molecule is CC(C)CN1CC(C(=O)NCCCc2ncc[nH]2)CC1=O. The van der Waals surface area contributed by atoms with Crippen molar-refractivity contribution in [2.75, 3.05) is 19.6 Å². The van der Waals surface area contributed by atoms with Crippen LogP contribution in [0, 0.1) is 11.8 Å². The zero-order chi connectivity index (χ0) is 15.2. The standard InChI is InChI=1S/C15H24N4O2/c1-11(2)9-19-10-12(8-14(19)20)15(21)18-5-3-4-13-16-6-7-17-13/h6-7,11-12H,3-5,8-10H2,1-2H3,(H,16,17)(H,18,21). The summed E-state index contributed by atoms with van der Waals surface area (Å²) < 4.78 is 0. The summed E-state index contributed by atoms with van der Waals surface area (Å²) in [5, 5.41) is 2.92. The van der Waals surface area contributed by atoms with Gasteiger partial charge in [0, 0.05) is 44.9 Å². The molecule has 1 fully saturated rings. The number of carbonyl (C=O) groups is 2. The van der Waals surface area contributed by atoms with Crippen LogP contribution in [0.4, 0.5) is 0 Å². The van der Waals surface area contributed by atoms with Gasteiger partial charge in [0.1, 0.15) is 5.82 Å². The van der Waals surface area contributed by atoms with Crippen molar-refractivity contribution in [3.05, 3.63) is 18.2 Å². The van der Waals surface area contributed by atoms with E-state index in [-0.39, 0.29) is 17.7 Å². The molecule has 2 N–H and O–H groups in total. The Bertz CT molecular complexity index is 470. The molecule has 0 bridgehead atoms. The maximum atomic E-state index is 12.1. The number of nitrogens with zero attached hydrogens (tertiary/aromatic N) is 2. The first-order valence-electron chi connectivity index (χ1n) is 7.60. The van der Waals surface area contributed by atoms with Gasteiger partial charge in [0.2, 0.25) is 11.8 Å². The van der Waals surface area contributed by atoms with Crippen molar-refractivity contribution in [3.8, 4) is 0 Å². The third-order valence-corrected chi connectivity index (χ3v) is 3.62. The molecule has 1 aliphatic rings. The lowest BCUT2D eigenvalue weighted by atomic mass is 10.1. The number of nitrogens with one attached hydrogen (secondary N) is 2. The van der Waals surface area contributed by atoms with E-state index in [9.17, 15) is 9.59 Å². The van der Waals surface area contributed by atoms with E-state index in [1.807, 2.05) is 0 Å². The molecule has 1 aromatic heterocycles. The number of amides is 2. The van der Waals surface area contributed by atoms with Gasteiger partial charge in [-0.15, -0.1) is 0 Å². The van der Waals surface area contributed by atoms with Gasteiger partial charge < -0.3 is 15.2 Å². The van der Waals surface area contributed by atoms with Crippen LogP contribution in [0.25, 0.3) is 0 Å². The maximum Gasteiger partial charge on any atom is 0.225 e. The number of carbonyl (C=O) groups excluding carboxylic acids is 2. The van der Waals surface area contributed by atoms with Crippen molar-refractivity contribution in [2.24, 2.45) is 11.8 Å². The summed E-state index contributed by atoms with van der Waals surface area (Å²) in [6.07, 6.45) is 5.52. The predicted octanol–water partition coefficient (Wildman–Crippen LogP) is 0.963. The zero-order valence-corrected chi connectivity index (χ0v) is 12.8. The van der Waals surface area contributed by atoms with Gasteiger partial charge in [-0.3, -0.25) is 9.59 Å². The van der Waals surface area contributed by atoms with Crippen molar-refractivity contribution >= 4 is 11.8 Å². The van der Waals surface area contributed by atoms with Gasteiger partial charge in [-0.2, -0.15) is 0 Å². The first-order valence-corrected chi connectivity index (χ1v) is 7.60. The van der Waals surface area contributed by atoms with Crippen LogP contribution >= 0.6 is 0 Å². The molecular formula is C15H24N4O2. The van der Waals surface area contributed by atoms with Crippen molar-refractivity contribution in [1.82, 2.24) is 20.2 Å². The number of imidazole rings is 1. The van der Waals surface area contributed by atoms with Gasteiger partial charge in [-0.1, -0.05) is 13.8 Å². The van der Waals surface area contributed by atoms with Crippen LogP contribution in [0.15, 0.2) is 12.4 Å². The Hall–Kier alpha value is -1.85. The van der Waals surface area contributed by atoms with Crippen molar-refractivity contribution in [2.45, 2.75) is 33.1 Å². The van der Waals surface area contributed by atoms with Crippen molar-refractivity contribution in [3.63, 3.8) is 0 Å². The highest BCUT2D eigenvalue weighted by Gasteiger charge is 2.34. The third-order valence-electron chi connectivity index (χ3n) is 3.62. The van der Waals surface area contributed by atoms with Gasteiger partial charge >= 0.3 is 0 Å². The van der Waals surface area contributed by atoms with E-state index in [2.05, 4.69) is 29.1 Å². The van der Waals surface area contributed by atoms with Crippen LogP contribution in [0.2, 0.25) is 0 Å². The Balaban J connectivity index is 1.68. The number of aryl methyl sites for hydroxylation is 1. The fourth-order valence-corrected chi connectivity index (χ4v) is 2.61.